The first-order valence-electron chi connectivity index (χ1n) is 4.95. The van der Waals surface area contributed by atoms with Crippen LogP contribution in [0.1, 0.15) is 34.1 Å². The summed E-state index contributed by atoms with van der Waals surface area (Å²) in [7, 11) is 0. The van der Waals surface area contributed by atoms with Crippen LogP contribution in [0.25, 0.3) is 0 Å². The van der Waals surface area contributed by atoms with Gasteiger partial charge in [0.05, 0.1) is 6.10 Å². The Kier molecular flexibility index (Phi) is 7.51. The Bertz CT molecular complexity index is 79.8. The molecule has 0 saturated heterocycles. The summed E-state index contributed by atoms with van der Waals surface area (Å²) < 4.78 is 5.41. The fourth-order valence-electron chi connectivity index (χ4n) is 0.907. The molecule has 0 bridgehead atoms. The highest BCUT2D eigenvalue weighted by atomic mass is 16.5. The lowest BCUT2D eigenvalue weighted by atomic mass is 10.2. The molecule has 0 amide bonds. The Morgan fingerprint density at radius 1 is 1.17 bits per heavy atom. The second-order valence-electron chi connectivity index (χ2n) is 3.87. The van der Waals surface area contributed by atoms with Crippen molar-refractivity contribution in [3.05, 3.63) is 0 Å². The lowest BCUT2D eigenvalue weighted by molar-refractivity contribution is 0.0770. The van der Waals surface area contributed by atoms with Crippen molar-refractivity contribution in [1.29, 1.82) is 0 Å². The summed E-state index contributed by atoms with van der Waals surface area (Å²) in [6.07, 6.45) is 1.49. The lowest BCUT2D eigenvalue weighted by Gasteiger charge is -2.09. The van der Waals surface area contributed by atoms with Crippen molar-refractivity contribution in [3.8, 4) is 0 Å². The molecule has 0 aromatic carbocycles. The molecule has 2 heteroatoms. The Hall–Kier alpha value is -0.0800. The van der Waals surface area contributed by atoms with Crippen molar-refractivity contribution in [2.45, 2.75) is 40.2 Å². The first kappa shape index (κ1) is 11.9. The number of hydrogen-bond acceptors (Lipinski definition) is 2. The molecule has 0 unspecified atom stereocenters. The summed E-state index contributed by atoms with van der Waals surface area (Å²) in [5.41, 5.74) is 0. The van der Waals surface area contributed by atoms with Crippen LogP contribution in [-0.2, 0) is 4.74 Å². The summed E-state index contributed by atoms with van der Waals surface area (Å²) in [5, 5.41) is 3.38. The van der Waals surface area contributed by atoms with Gasteiger partial charge in [0, 0.05) is 6.61 Å². The van der Waals surface area contributed by atoms with Crippen molar-refractivity contribution < 1.29 is 4.74 Å². The fourth-order valence-corrected chi connectivity index (χ4v) is 0.907. The molecule has 0 aromatic heterocycles. The standard InChI is InChI=1S/C10H23NO/c1-9(2)8-11-6-5-7-12-10(3)4/h9-11H,5-8H2,1-4H3. The lowest BCUT2D eigenvalue weighted by Crippen LogP contribution is -2.22. The molecule has 0 heterocycles. The van der Waals surface area contributed by atoms with Gasteiger partial charge < -0.3 is 10.1 Å². The molecular formula is C10H23NO. The van der Waals surface area contributed by atoms with Crippen LogP contribution in [0.2, 0.25) is 0 Å². The second kappa shape index (κ2) is 7.56. The van der Waals surface area contributed by atoms with Crippen LogP contribution in [0, 0.1) is 5.92 Å². The average molecular weight is 173 g/mol. The molecule has 0 rings (SSSR count). The van der Waals surface area contributed by atoms with Crippen LogP contribution in [0.3, 0.4) is 0 Å². The van der Waals surface area contributed by atoms with Crippen LogP contribution in [0.15, 0.2) is 0 Å². The average Bonchev–Trinajstić information content (AvgIpc) is 1.95. The summed E-state index contributed by atoms with van der Waals surface area (Å²) in [6.45, 7) is 11.6. The molecule has 0 radical (unpaired) electrons. The first-order valence-corrected chi connectivity index (χ1v) is 4.95. The van der Waals surface area contributed by atoms with Gasteiger partial charge in [0.2, 0.25) is 0 Å². The molecule has 2 nitrogen and oxygen atoms in total. The van der Waals surface area contributed by atoms with Crippen LogP contribution >= 0.6 is 0 Å². The monoisotopic (exact) mass is 173 g/mol. The van der Waals surface area contributed by atoms with E-state index < -0.39 is 0 Å². The van der Waals surface area contributed by atoms with Gasteiger partial charge in [-0.1, -0.05) is 13.8 Å². The highest BCUT2D eigenvalue weighted by Gasteiger charge is 1.94. The molecular weight excluding hydrogens is 150 g/mol. The van der Waals surface area contributed by atoms with Gasteiger partial charge in [0.1, 0.15) is 0 Å². The van der Waals surface area contributed by atoms with Crippen molar-refractivity contribution in [2.24, 2.45) is 5.92 Å². The van der Waals surface area contributed by atoms with E-state index in [-0.39, 0.29) is 0 Å². The Morgan fingerprint density at radius 2 is 1.83 bits per heavy atom. The van der Waals surface area contributed by atoms with Crippen molar-refractivity contribution in [2.75, 3.05) is 19.7 Å². The minimum atomic E-state index is 0.370. The maximum absolute atomic E-state index is 5.41. The maximum Gasteiger partial charge on any atom is 0.0518 e. The van der Waals surface area contributed by atoms with E-state index in [0.717, 1.165) is 32.0 Å². The van der Waals surface area contributed by atoms with Crippen molar-refractivity contribution in [3.63, 3.8) is 0 Å². The predicted octanol–water partition coefficient (Wildman–Crippen LogP) is 2.05. The highest BCUT2D eigenvalue weighted by Crippen LogP contribution is 1.90. The van der Waals surface area contributed by atoms with Gasteiger partial charge >= 0.3 is 0 Å². The highest BCUT2D eigenvalue weighted by molar-refractivity contribution is 4.51. The molecule has 0 aliphatic heterocycles. The largest absolute Gasteiger partial charge is 0.379 e. The smallest absolute Gasteiger partial charge is 0.0518 e. The number of ether oxygens (including phenoxy) is 1. The van der Waals surface area contributed by atoms with Gasteiger partial charge in [-0.05, 0) is 39.3 Å². The summed E-state index contributed by atoms with van der Waals surface area (Å²) in [6, 6.07) is 0. The van der Waals surface area contributed by atoms with Gasteiger partial charge in [-0.25, -0.2) is 0 Å². The molecule has 0 aliphatic carbocycles. The third-order valence-corrected chi connectivity index (χ3v) is 1.50. The van der Waals surface area contributed by atoms with Crippen LogP contribution in [0.4, 0.5) is 0 Å². The van der Waals surface area contributed by atoms with Gasteiger partial charge in [0.15, 0.2) is 0 Å². The number of rotatable bonds is 7. The third kappa shape index (κ3) is 9.92. The quantitative estimate of drug-likeness (QED) is 0.595. The van der Waals surface area contributed by atoms with Gasteiger partial charge in [-0.2, -0.15) is 0 Å². The summed E-state index contributed by atoms with van der Waals surface area (Å²) in [5.74, 6) is 0.746. The zero-order valence-corrected chi connectivity index (χ0v) is 8.89. The Morgan fingerprint density at radius 3 is 2.33 bits per heavy atom. The SMILES string of the molecule is CC(C)CNCCCOC(C)C. The van der Waals surface area contributed by atoms with E-state index in [1.54, 1.807) is 0 Å². The van der Waals surface area contributed by atoms with Crippen molar-refractivity contribution in [1.82, 2.24) is 5.32 Å². The van der Waals surface area contributed by atoms with E-state index >= 15 is 0 Å². The van der Waals surface area contributed by atoms with E-state index in [9.17, 15) is 0 Å². The van der Waals surface area contributed by atoms with Crippen LogP contribution < -0.4 is 5.32 Å². The van der Waals surface area contributed by atoms with E-state index in [1.807, 2.05) is 0 Å². The Balaban J connectivity index is 2.91. The topological polar surface area (TPSA) is 21.3 Å². The van der Waals surface area contributed by atoms with Crippen LogP contribution in [-0.4, -0.2) is 25.8 Å². The minimum Gasteiger partial charge on any atom is -0.379 e. The first-order chi connectivity index (χ1) is 5.63. The molecule has 1 N–H and O–H groups in total. The molecule has 12 heavy (non-hydrogen) atoms. The van der Waals surface area contributed by atoms with E-state index in [2.05, 4.69) is 33.0 Å². The second-order valence-corrected chi connectivity index (χ2v) is 3.87. The van der Waals surface area contributed by atoms with E-state index in [1.165, 1.54) is 0 Å². The van der Waals surface area contributed by atoms with Gasteiger partial charge in [-0.15, -0.1) is 0 Å². The van der Waals surface area contributed by atoms with Crippen molar-refractivity contribution >= 4 is 0 Å². The number of nitrogens with one attached hydrogen (secondary N) is 1. The molecule has 0 aromatic rings. The zero-order chi connectivity index (χ0) is 9.40. The van der Waals surface area contributed by atoms with Crippen LogP contribution in [0.5, 0.6) is 0 Å². The molecule has 0 fully saturated rings. The normalized spacial score (nSPS) is 11.5. The molecule has 0 saturated carbocycles. The molecule has 0 atom stereocenters. The third-order valence-electron chi connectivity index (χ3n) is 1.50. The molecule has 74 valence electrons. The Labute approximate surface area is 76.7 Å². The van der Waals surface area contributed by atoms with Gasteiger partial charge in [0.25, 0.3) is 0 Å². The summed E-state index contributed by atoms with van der Waals surface area (Å²) >= 11 is 0. The molecule has 0 aliphatic rings. The number of hydrogen-bond donors (Lipinski definition) is 1. The zero-order valence-electron chi connectivity index (χ0n) is 8.89. The minimum absolute atomic E-state index is 0.370. The maximum atomic E-state index is 5.41. The summed E-state index contributed by atoms with van der Waals surface area (Å²) in [4.78, 5) is 0. The fraction of sp³-hybridized carbons (Fsp3) is 1.00. The molecule has 0 spiro atoms. The van der Waals surface area contributed by atoms with E-state index in [4.69, 9.17) is 4.74 Å². The van der Waals surface area contributed by atoms with E-state index in [0.29, 0.717) is 6.10 Å². The van der Waals surface area contributed by atoms with Gasteiger partial charge in [-0.3, -0.25) is 0 Å². The predicted molar refractivity (Wildman–Crippen MR) is 53.4 cm³/mol.